The van der Waals surface area contributed by atoms with E-state index in [4.69, 9.17) is 0 Å². The highest BCUT2D eigenvalue weighted by Gasteiger charge is 2.35. The summed E-state index contributed by atoms with van der Waals surface area (Å²) < 4.78 is 29.5. The number of hydrogen-bond donors (Lipinski definition) is 0. The van der Waals surface area contributed by atoms with E-state index in [1.807, 2.05) is 25.1 Å². The van der Waals surface area contributed by atoms with Crippen molar-refractivity contribution in [2.45, 2.75) is 17.9 Å². The van der Waals surface area contributed by atoms with Gasteiger partial charge in [0.25, 0.3) is 5.91 Å². The summed E-state index contributed by atoms with van der Waals surface area (Å²) in [6, 6.07) is 15.3. The fourth-order valence-corrected chi connectivity index (χ4v) is 5.16. The molecule has 9 heteroatoms. The Kier molecular flexibility index (Phi) is 5.16. The molecule has 1 amide bonds. The molecule has 1 aliphatic rings. The molecule has 8 nitrogen and oxygen atoms in total. The van der Waals surface area contributed by atoms with Gasteiger partial charge in [-0.05, 0) is 37.3 Å². The van der Waals surface area contributed by atoms with Crippen molar-refractivity contribution in [1.82, 2.24) is 24.0 Å². The summed E-state index contributed by atoms with van der Waals surface area (Å²) >= 11 is 0. The molecule has 2 heterocycles. The van der Waals surface area contributed by atoms with Crippen LogP contribution in [0.4, 0.5) is 0 Å². The van der Waals surface area contributed by atoms with Gasteiger partial charge in [0.15, 0.2) is 0 Å². The predicted octanol–water partition coefficient (Wildman–Crippen LogP) is 1.80. The van der Waals surface area contributed by atoms with Crippen molar-refractivity contribution in [1.29, 1.82) is 0 Å². The van der Waals surface area contributed by atoms with Crippen molar-refractivity contribution in [3.8, 4) is 5.69 Å². The smallest absolute Gasteiger partial charge is 0.253 e. The van der Waals surface area contributed by atoms with Crippen LogP contribution in [0.2, 0.25) is 0 Å². The lowest BCUT2D eigenvalue weighted by atomic mass is 10.1. The van der Waals surface area contributed by atoms with Gasteiger partial charge in [-0.25, -0.2) is 18.1 Å². The predicted molar refractivity (Wildman–Crippen MR) is 107 cm³/mol. The van der Waals surface area contributed by atoms with Crippen molar-refractivity contribution in [3.05, 3.63) is 72.8 Å². The van der Waals surface area contributed by atoms with Crippen LogP contribution >= 0.6 is 0 Å². The third kappa shape index (κ3) is 3.79. The Hall–Kier alpha value is -3.04. The molecule has 4 rings (SSSR count). The summed E-state index contributed by atoms with van der Waals surface area (Å²) in [7, 11) is -3.70. The van der Waals surface area contributed by atoms with Gasteiger partial charge < -0.3 is 4.90 Å². The van der Waals surface area contributed by atoms with E-state index in [1.165, 1.54) is 21.6 Å². The summed E-state index contributed by atoms with van der Waals surface area (Å²) in [5.41, 5.74) is 1.23. The van der Waals surface area contributed by atoms with Crippen molar-refractivity contribution >= 4 is 15.9 Å². The lowest BCUT2D eigenvalue weighted by Gasteiger charge is -2.39. The summed E-state index contributed by atoms with van der Waals surface area (Å²) in [5.74, 6) is -0.0809. The fraction of sp³-hybridized carbons (Fsp3) is 0.250. The summed E-state index contributed by atoms with van der Waals surface area (Å²) in [6.45, 7) is 2.76. The van der Waals surface area contributed by atoms with Crippen LogP contribution in [0.5, 0.6) is 0 Å². The topological polar surface area (TPSA) is 88.4 Å². The van der Waals surface area contributed by atoms with Gasteiger partial charge in [-0.1, -0.05) is 24.3 Å². The minimum Gasteiger partial charge on any atom is -0.336 e. The maximum atomic E-state index is 13.2. The zero-order valence-corrected chi connectivity index (χ0v) is 16.7. The van der Waals surface area contributed by atoms with Gasteiger partial charge in [-0.3, -0.25) is 4.79 Å². The number of benzene rings is 2. The van der Waals surface area contributed by atoms with Gasteiger partial charge >= 0.3 is 0 Å². The van der Waals surface area contributed by atoms with Crippen LogP contribution in [0.15, 0.2) is 72.1 Å². The van der Waals surface area contributed by atoms with E-state index in [1.54, 1.807) is 41.3 Å². The van der Waals surface area contributed by atoms with Crippen LogP contribution in [0.1, 0.15) is 17.3 Å². The van der Waals surface area contributed by atoms with Crippen LogP contribution in [0.3, 0.4) is 0 Å². The Morgan fingerprint density at radius 3 is 2.55 bits per heavy atom. The first-order chi connectivity index (χ1) is 14.0. The molecular formula is C20H21N5O3S. The van der Waals surface area contributed by atoms with Crippen molar-refractivity contribution in [2.75, 3.05) is 19.6 Å². The molecule has 1 fully saturated rings. The number of carbonyl (C=O) groups excluding carboxylic acids is 1. The van der Waals surface area contributed by atoms with Gasteiger partial charge in [-0.15, -0.1) is 0 Å². The quantitative estimate of drug-likeness (QED) is 0.653. The molecule has 0 radical (unpaired) electrons. The van der Waals surface area contributed by atoms with Gasteiger partial charge in [0.2, 0.25) is 10.0 Å². The lowest BCUT2D eigenvalue weighted by Crippen LogP contribution is -2.55. The number of aromatic nitrogens is 3. The number of carbonyl (C=O) groups is 1. The second kappa shape index (κ2) is 7.76. The molecule has 150 valence electrons. The Labute approximate surface area is 169 Å². The minimum absolute atomic E-state index is 0.0809. The van der Waals surface area contributed by atoms with E-state index in [9.17, 15) is 13.2 Å². The Bertz CT molecular complexity index is 1100. The van der Waals surface area contributed by atoms with Crippen LogP contribution in [-0.2, 0) is 10.0 Å². The van der Waals surface area contributed by atoms with E-state index in [0.29, 0.717) is 24.3 Å². The highest BCUT2D eigenvalue weighted by molar-refractivity contribution is 7.89. The van der Waals surface area contributed by atoms with Crippen LogP contribution in [0.25, 0.3) is 5.69 Å². The first-order valence-electron chi connectivity index (χ1n) is 9.28. The van der Waals surface area contributed by atoms with Gasteiger partial charge in [0.1, 0.15) is 12.7 Å². The number of amides is 1. The standard InChI is InChI=1S/C20H21N5O3S/c1-16-13-23(20(26)17-6-3-2-4-7-17)10-11-25(16)29(27,28)19-9-5-8-18(12-19)24-15-21-14-22-24/h2-9,12,14-16H,10-11,13H2,1H3. The first-order valence-corrected chi connectivity index (χ1v) is 10.7. The largest absolute Gasteiger partial charge is 0.336 e. The molecule has 0 N–H and O–H groups in total. The molecule has 0 bridgehead atoms. The molecule has 3 aromatic rings. The number of rotatable bonds is 4. The summed E-state index contributed by atoms with van der Waals surface area (Å²) in [6.07, 6.45) is 2.91. The lowest BCUT2D eigenvalue weighted by molar-refractivity contribution is 0.0642. The molecule has 0 spiro atoms. The van der Waals surface area contributed by atoms with Gasteiger partial charge in [0, 0.05) is 31.2 Å². The van der Waals surface area contributed by atoms with E-state index in [2.05, 4.69) is 10.1 Å². The van der Waals surface area contributed by atoms with Gasteiger partial charge in [0.05, 0.1) is 10.6 Å². The summed E-state index contributed by atoms with van der Waals surface area (Å²) in [5, 5.41) is 4.05. The van der Waals surface area contributed by atoms with E-state index in [0.717, 1.165) is 0 Å². The van der Waals surface area contributed by atoms with E-state index >= 15 is 0 Å². The number of hydrogen-bond acceptors (Lipinski definition) is 5. The maximum absolute atomic E-state index is 13.2. The Morgan fingerprint density at radius 1 is 1.07 bits per heavy atom. The highest BCUT2D eigenvalue weighted by Crippen LogP contribution is 2.24. The average molecular weight is 411 g/mol. The van der Waals surface area contributed by atoms with Crippen molar-refractivity contribution < 1.29 is 13.2 Å². The number of sulfonamides is 1. The average Bonchev–Trinajstić information content (AvgIpc) is 3.29. The van der Waals surface area contributed by atoms with Crippen molar-refractivity contribution in [2.24, 2.45) is 0 Å². The molecule has 1 saturated heterocycles. The van der Waals surface area contributed by atoms with Crippen molar-refractivity contribution in [3.63, 3.8) is 0 Å². The van der Waals surface area contributed by atoms with Crippen LogP contribution in [0, 0.1) is 0 Å². The van der Waals surface area contributed by atoms with Crippen LogP contribution in [-0.4, -0.2) is 64.0 Å². The Balaban J connectivity index is 1.53. The Morgan fingerprint density at radius 2 is 1.86 bits per heavy atom. The second-order valence-electron chi connectivity index (χ2n) is 6.92. The molecule has 1 atom stereocenters. The van der Waals surface area contributed by atoms with Crippen LogP contribution < -0.4 is 0 Å². The molecular weight excluding hydrogens is 390 g/mol. The van der Waals surface area contributed by atoms with E-state index < -0.39 is 10.0 Å². The normalized spacial score (nSPS) is 18.0. The third-order valence-electron chi connectivity index (χ3n) is 4.98. The molecule has 29 heavy (non-hydrogen) atoms. The fourth-order valence-electron chi connectivity index (χ4n) is 3.51. The molecule has 2 aromatic carbocycles. The molecule has 1 aromatic heterocycles. The second-order valence-corrected chi connectivity index (χ2v) is 8.81. The highest BCUT2D eigenvalue weighted by atomic mass is 32.2. The molecule has 0 saturated carbocycles. The zero-order chi connectivity index (χ0) is 20.4. The van der Waals surface area contributed by atoms with Gasteiger partial charge in [-0.2, -0.15) is 9.40 Å². The molecule has 1 aliphatic heterocycles. The van der Waals surface area contributed by atoms with E-state index in [-0.39, 0.29) is 23.4 Å². The summed E-state index contributed by atoms with van der Waals surface area (Å²) in [4.78, 5) is 18.5. The maximum Gasteiger partial charge on any atom is 0.253 e. The SMILES string of the molecule is CC1CN(C(=O)c2ccccc2)CCN1S(=O)(=O)c1cccc(-n2cncn2)c1. The zero-order valence-electron chi connectivity index (χ0n) is 15.9. The minimum atomic E-state index is -3.70. The monoisotopic (exact) mass is 411 g/mol. The number of piperazine rings is 1. The number of nitrogens with zero attached hydrogens (tertiary/aromatic N) is 5. The first kappa shape index (κ1) is 19.3. The third-order valence-corrected chi connectivity index (χ3v) is 6.99. The molecule has 1 unspecified atom stereocenters. The molecule has 0 aliphatic carbocycles.